The molecule has 1 aromatic heterocycles. The molecule has 3 fully saturated rings. The van der Waals surface area contributed by atoms with Crippen molar-refractivity contribution < 1.29 is 27.1 Å². The van der Waals surface area contributed by atoms with Gasteiger partial charge in [-0.1, -0.05) is 0 Å². The van der Waals surface area contributed by atoms with Gasteiger partial charge in [-0.05, 0) is 74.8 Å². The average Bonchev–Trinajstić information content (AvgIpc) is 3.07. The molecule has 2 saturated heterocycles. The number of benzene rings is 1. The molecule has 36 heavy (non-hydrogen) atoms. The van der Waals surface area contributed by atoms with Gasteiger partial charge in [-0.15, -0.1) is 0 Å². The van der Waals surface area contributed by atoms with Gasteiger partial charge < -0.3 is 15.0 Å². The Hall–Kier alpha value is -3.30. The highest BCUT2D eigenvalue weighted by atomic mass is 32.1. The maximum Gasteiger partial charge on any atom is 0.419 e. The number of alkyl halides is 4. The zero-order valence-corrected chi connectivity index (χ0v) is 19.7. The van der Waals surface area contributed by atoms with E-state index < -0.39 is 41.2 Å². The molecule has 3 aliphatic rings. The summed E-state index contributed by atoms with van der Waals surface area (Å²) in [5.41, 5.74) is -2.60. The van der Waals surface area contributed by atoms with Crippen LogP contribution in [0, 0.1) is 11.3 Å². The highest BCUT2D eigenvalue weighted by Gasteiger charge is 2.59. The van der Waals surface area contributed by atoms with Gasteiger partial charge in [0.2, 0.25) is 0 Å². The lowest BCUT2D eigenvalue weighted by Crippen LogP contribution is -2.55. The molecule has 0 bridgehead atoms. The minimum atomic E-state index is -4.82. The van der Waals surface area contributed by atoms with Crippen molar-refractivity contribution in [3.8, 4) is 11.8 Å². The third-order valence-corrected chi connectivity index (χ3v) is 7.23. The summed E-state index contributed by atoms with van der Waals surface area (Å²) in [6.45, 7) is 0.886. The number of piperidine rings is 1. The van der Waals surface area contributed by atoms with E-state index in [2.05, 4.69) is 10.3 Å². The SMILES string of the molecule is N#Cc1ncc(N2C(=O)C3(CCC3)N(c3ccc(O[C@H]4CCNC[C@@H]4F)cc3)C2=S)cc1C(F)(F)F. The fourth-order valence-electron chi connectivity index (χ4n) is 4.87. The number of thiocarbonyl (C=S) groups is 1. The van der Waals surface area contributed by atoms with Crippen molar-refractivity contribution in [1.29, 1.82) is 5.26 Å². The van der Waals surface area contributed by atoms with Crippen molar-refractivity contribution in [3.63, 3.8) is 0 Å². The van der Waals surface area contributed by atoms with Crippen molar-refractivity contribution >= 4 is 34.6 Å². The Kier molecular flexibility index (Phi) is 6.08. The first kappa shape index (κ1) is 24.4. The molecule has 1 spiro atoms. The Balaban J connectivity index is 1.45. The van der Waals surface area contributed by atoms with Gasteiger partial charge in [0.15, 0.2) is 10.8 Å². The number of carbonyl (C=O) groups excluding carboxylic acids is 1. The van der Waals surface area contributed by atoms with Crippen molar-refractivity contribution in [3.05, 3.63) is 47.8 Å². The van der Waals surface area contributed by atoms with E-state index in [-0.39, 0.29) is 17.3 Å². The third-order valence-electron chi connectivity index (χ3n) is 6.87. The third kappa shape index (κ3) is 3.96. The number of carbonyl (C=O) groups is 1. The lowest BCUT2D eigenvalue weighted by molar-refractivity contribution is -0.138. The van der Waals surface area contributed by atoms with Crippen molar-refractivity contribution in [1.82, 2.24) is 10.3 Å². The number of halogens is 4. The minimum Gasteiger partial charge on any atom is -0.487 e. The molecular formula is C24H21F4N5O2S. The van der Waals surface area contributed by atoms with E-state index in [0.29, 0.717) is 37.2 Å². The van der Waals surface area contributed by atoms with Crippen LogP contribution in [-0.2, 0) is 11.0 Å². The number of anilines is 2. The van der Waals surface area contributed by atoms with Crippen LogP contribution in [0.2, 0.25) is 0 Å². The zero-order chi connectivity index (χ0) is 25.7. The lowest BCUT2D eigenvalue weighted by atomic mass is 9.75. The van der Waals surface area contributed by atoms with E-state index in [0.717, 1.165) is 23.6 Å². The normalized spacial score (nSPS) is 23.5. The number of aromatic nitrogens is 1. The standard InChI is InChI=1S/C24H21F4N5O2S/c25-18-13-30-9-6-20(18)35-16-4-2-14(3-5-16)33-22(36)32(21(34)23(33)7-1-8-23)15-10-17(24(26,27)28)19(11-29)31-12-15/h2-5,10,12,18,20,30H,1,6-9,13H2/t18-,20-/m0/s1. The highest BCUT2D eigenvalue weighted by molar-refractivity contribution is 7.81. The second-order valence-electron chi connectivity index (χ2n) is 9.00. The fraction of sp³-hybridized carbons (Fsp3) is 0.417. The molecule has 5 rings (SSSR count). The van der Waals surface area contributed by atoms with Gasteiger partial charge in [0.25, 0.3) is 5.91 Å². The summed E-state index contributed by atoms with van der Waals surface area (Å²) >= 11 is 5.60. The van der Waals surface area contributed by atoms with Gasteiger partial charge in [-0.25, -0.2) is 9.37 Å². The van der Waals surface area contributed by atoms with Gasteiger partial charge >= 0.3 is 6.18 Å². The van der Waals surface area contributed by atoms with Crippen LogP contribution in [0.15, 0.2) is 36.5 Å². The van der Waals surface area contributed by atoms with E-state index in [4.69, 9.17) is 22.2 Å². The Morgan fingerprint density at radius 2 is 1.94 bits per heavy atom. The molecule has 2 atom stereocenters. The van der Waals surface area contributed by atoms with E-state index in [9.17, 15) is 22.4 Å². The number of nitriles is 1. The number of amides is 1. The lowest BCUT2D eigenvalue weighted by Gasteiger charge is -2.43. The molecule has 12 heteroatoms. The topological polar surface area (TPSA) is 81.5 Å². The highest BCUT2D eigenvalue weighted by Crippen LogP contribution is 2.48. The number of hydrogen-bond acceptors (Lipinski definition) is 6. The Bertz CT molecular complexity index is 1240. The summed E-state index contributed by atoms with van der Waals surface area (Å²) in [7, 11) is 0. The Morgan fingerprint density at radius 3 is 2.53 bits per heavy atom. The summed E-state index contributed by atoms with van der Waals surface area (Å²) < 4.78 is 60.5. The number of nitrogens with zero attached hydrogens (tertiary/aromatic N) is 4. The quantitative estimate of drug-likeness (QED) is 0.481. The van der Waals surface area contributed by atoms with Crippen LogP contribution < -0.4 is 19.9 Å². The molecule has 2 aromatic rings. The largest absolute Gasteiger partial charge is 0.487 e. The number of nitrogens with one attached hydrogen (secondary N) is 1. The first-order valence-corrected chi connectivity index (χ1v) is 11.8. The predicted molar refractivity (Wildman–Crippen MR) is 126 cm³/mol. The molecular weight excluding hydrogens is 498 g/mol. The number of ether oxygens (including phenoxy) is 1. The van der Waals surface area contributed by atoms with Crippen LogP contribution in [0.1, 0.15) is 36.9 Å². The summed E-state index contributed by atoms with van der Waals surface area (Å²) in [6, 6.07) is 8.89. The van der Waals surface area contributed by atoms with Gasteiger partial charge in [-0.2, -0.15) is 18.4 Å². The first-order valence-electron chi connectivity index (χ1n) is 11.4. The molecule has 0 radical (unpaired) electrons. The van der Waals surface area contributed by atoms with E-state index >= 15 is 0 Å². The molecule has 1 saturated carbocycles. The monoisotopic (exact) mass is 519 g/mol. The van der Waals surface area contributed by atoms with E-state index in [1.54, 1.807) is 29.2 Å². The molecule has 2 aliphatic heterocycles. The van der Waals surface area contributed by atoms with E-state index in [1.807, 2.05) is 0 Å². The van der Waals surface area contributed by atoms with Crippen LogP contribution >= 0.6 is 12.2 Å². The molecule has 1 N–H and O–H groups in total. The van der Waals surface area contributed by atoms with Gasteiger partial charge in [0.1, 0.15) is 29.6 Å². The van der Waals surface area contributed by atoms with Gasteiger partial charge in [0.05, 0.1) is 17.4 Å². The van der Waals surface area contributed by atoms with Gasteiger partial charge in [-0.3, -0.25) is 9.69 Å². The maximum absolute atomic E-state index is 14.1. The van der Waals surface area contributed by atoms with Crippen molar-refractivity contribution in [2.24, 2.45) is 0 Å². The molecule has 3 heterocycles. The second-order valence-corrected chi connectivity index (χ2v) is 9.37. The fourth-order valence-corrected chi connectivity index (χ4v) is 5.34. The molecule has 0 unspecified atom stereocenters. The summed E-state index contributed by atoms with van der Waals surface area (Å²) in [5.74, 6) is 0.0315. The smallest absolute Gasteiger partial charge is 0.419 e. The van der Waals surface area contributed by atoms with Crippen LogP contribution in [0.3, 0.4) is 0 Å². The number of hydrogen-bond donors (Lipinski definition) is 1. The number of rotatable bonds is 4. The number of pyridine rings is 1. The summed E-state index contributed by atoms with van der Waals surface area (Å²) in [5, 5.41) is 12.0. The summed E-state index contributed by atoms with van der Waals surface area (Å²) in [4.78, 5) is 19.9. The summed E-state index contributed by atoms with van der Waals surface area (Å²) in [6.07, 6.45) is -3.21. The first-order chi connectivity index (χ1) is 17.2. The van der Waals surface area contributed by atoms with Crippen LogP contribution in [-0.4, -0.2) is 46.9 Å². The van der Waals surface area contributed by atoms with Crippen molar-refractivity contribution in [2.45, 2.75) is 49.7 Å². The Morgan fingerprint density at radius 1 is 1.22 bits per heavy atom. The molecule has 188 valence electrons. The zero-order valence-electron chi connectivity index (χ0n) is 18.9. The molecule has 7 nitrogen and oxygen atoms in total. The molecule has 1 amide bonds. The molecule has 1 aromatic carbocycles. The molecule has 1 aliphatic carbocycles. The van der Waals surface area contributed by atoms with Gasteiger partial charge in [0, 0.05) is 12.2 Å². The van der Waals surface area contributed by atoms with Crippen LogP contribution in [0.4, 0.5) is 28.9 Å². The van der Waals surface area contributed by atoms with Crippen LogP contribution in [0.25, 0.3) is 0 Å². The predicted octanol–water partition coefficient (Wildman–Crippen LogP) is 4.11. The average molecular weight is 520 g/mol. The van der Waals surface area contributed by atoms with Crippen molar-refractivity contribution in [2.75, 3.05) is 22.9 Å². The Labute approximate surface area is 209 Å². The minimum absolute atomic E-state index is 0.0233. The van der Waals surface area contributed by atoms with Crippen LogP contribution in [0.5, 0.6) is 5.75 Å². The van der Waals surface area contributed by atoms with E-state index in [1.165, 1.54) is 6.07 Å². The second kappa shape index (κ2) is 8.97. The maximum atomic E-state index is 14.1.